The van der Waals surface area contributed by atoms with Crippen LogP contribution in [0.15, 0.2) is 0 Å². The van der Waals surface area contributed by atoms with E-state index in [0.29, 0.717) is 6.42 Å². The van der Waals surface area contributed by atoms with Gasteiger partial charge in [0.15, 0.2) is 0 Å². The fourth-order valence-corrected chi connectivity index (χ4v) is 0.727. The van der Waals surface area contributed by atoms with Crippen LogP contribution in [0.3, 0.4) is 0 Å². The lowest BCUT2D eigenvalue weighted by Crippen LogP contribution is -2.28. The molecule has 0 aromatic carbocycles. The fourth-order valence-electron chi connectivity index (χ4n) is 0.727. The Balaban J connectivity index is 3.31. The summed E-state index contributed by atoms with van der Waals surface area (Å²) < 4.78 is 0. The average Bonchev–Trinajstić information content (AvgIpc) is 1.98. The quantitative estimate of drug-likeness (QED) is 0.510. The maximum absolute atomic E-state index is 9.04. The van der Waals surface area contributed by atoms with E-state index in [1.54, 1.807) is 0 Å². The predicted molar refractivity (Wildman–Crippen MR) is 38.6 cm³/mol. The van der Waals surface area contributed by atoms with Crippen LogP contribution in [0.4, 0.5) is 0 Å². The number of rotatable bonds is 5. The molecule has 0 aliphatic rings. The molecular formula is C7H16O3. The summed E-state index contributed by atoms with van der Waals surface area (Å²) in [4.78, 5) is 0. The van der Waals surface area contributed by atoms with E-state index < -0.39 is 12.2 Å². The zero-order valence-electron chi connectivity index (χ0n) is 6.32. The SMILES string of the molecule is CCCCC(O)[C@@H](O)CO. The Hall–Kier alpha value is -0.120. The molecule has 0 aliphatic carbocycles. The second-order valence-electron chi connectivity index (χ2n) is 2.46. The summed E-state index contributed by atoms with van der Waals surface area (Å²) in [7, 11) is 0. The molecule has 3 nitrogen and oxygen atoms in total. The Bertz CT molecular complexity index is 75.3. The van der Waals surface area contributed by atoms with Gasteiger partial charge in [0.25, 0.3) is 0 Å². The standard InChI is InChI=1S/C7H16O3/c1-2-3-4-6(9)7(10)5-8/h6-10H,2-5H2,1H3/t6?,7-/m0/s1. The summed E-state index contributed by atoms with van der Waals surface area (Å²) in [6.45, 7) is 1.66. The molecule has 10 heavy (non-hydrogen) atoms. The van der Waals surface area contributed by atoms with Crippen molar-refractivity contribution in [1.29, 1.82) is 0 Å². The second-order valence-corrected chi connectivity index (χ2v) is 2.46. The second kappa shape index (κ2) is 5.65. The predicted octanol–water partition coefficient (Wildman–Crippen LogP) is -0.109. The van der Waals surface area contributed by atoms with E-state index in [2.05, 4.69) is 0 Å². The van der Waals surface area contributed by atoms with Gasteiger partial charge in [-0.2, -0.15) is 0 Å². The van der Waals surface area contributed by atoms with Crippen molar-refractivity contribution in [1.82, 2.24) is 0 Å². The molecule has 0 heterocycles. The first-order valence-corrected chi connectivity index (χ1v) is 3.69. The van der Waals surface area contributed by atoms with Crippen LogP contribution in [0.1, 0.15) is 26.2 Å². The number of hydrogen-bond donors (Lipinski definition) is 3. The van der Waals surface area contributed by atoms with E-state index in [1.165, 1.54) is 0 Å². The summed E-state index contributed by atoms with van der Waals surface area (Å²) in [6.07, 6.45) is 0.725. The van der Waals surface area contributed by atoms with Gasteiger partial charge in [0.2, 0.25) is 0 Å². The van der Waals surface area contributed by atoms with Crippen molar-refractivity contribution in [3.05, 3.63) is 0 Å². The molecule has 0 bridgehead atoms. The van der Waals surface area contributed by atoms with Gasteiger partial charge in [0.1, 0.15) is 6.10 Å². The van der Waals surface area contributed by atoms with Crippen molar-refractivity contribution in [2.75, 3.05) is 6.61 Å². The minimum atomic E-state index is -0.966. The number of unbranched alkanes of at least 4 members (excludes halogenated alkanes) is 1. The molecule has 0 saturated carbocycles. The molecule has 0 spiro atoms. The van der Waals surface area contributed by atoms with Crippen molar-refractivity contribution in [2.24, 2.45) is 0 Å². The van der Waals surface area contributed by atoms with Crippen LogP contribution >= 0.6 is 0 Å². The minimum Gasteiger partial charge on any atom is -0.394 e. The highest BCUT2D eigenvalue weighted by Gasteiger charge is 2.13. The zero-order chi connectivity index (χ0) is 7.98. The molecule has 3 N–H and O–H groups in total. The molecule has 1 unspecified atom stereocenters. The summed E-state index contributed by atoms with van der Waals surface area (Å²) in [5, 5.41) is 26.3. The molecule has 0 amide bonds. The highest BCUT2D eigenvalue weighted by atomic mass is 16.4. The molecule has 62 valence electrons. The lowest BCUT2D eigenvalue weighted by Gasteiger charge is -2.14. The van der Waals surface area contributed by atoms with Crippen molar-refractivity contribution >= 4 is 0 Å². The van der Waals surface area contributed by atoms with E-state index in [9.17, 15) is 0 Å². The molecule has 0 saturated heterocycles. The Morgan fingerprint density at radius 1 is 1.20 bits per heavy atom. The number of aliphatic hydroxyl groups is 3. The topological polar surface area (TPSA) is 60.7 Å². The van der Waals surface area contributed by atoms with Crippen LogP contribution in [0.25, 0.3) is 0 Å². The third-order valence-electron chi connectivity index (χ3n) is 1.48. The van der Waals surface area contributed by atoms with Gasteiger partial charge in [-0.3, -0.25) is 0 Å². The maximum atomic E-state index is 9.04. The smallest absolute Gasteiger partial charge is 0.103 e. The van der Waals surface area contributed by atoms with Crippen molar-refractivity contribution in [3.8, 4) is 0 Å². The monoisotopic (exact) mass is 148 g/mol. The van der Waals surface area contributed by atoms with Gasteiger partial charge in [-0.25, -0.2) is 0 Å². The van der Waals surface area contributed by atoms with E-state index in [1.807, 2.05) is 6.92 Å². The number of aliphatic hydroxyl groups excluding tert-OH is 3. The van der Waals surface area contributed by atoms with Crippen LogP contribution in [0.2, 0.25) is 0 Å². The summed E-state index contributed by atoms with van der Waals surface area (Å²) in [5.41, 5.74) is 0. The summed E-state index contributed by atoms with van der Waals surface area (Å²) >= 11 is 0. The average molecular weight is 148 g/mol. The first-order chi connectivity index (χ1) is 4.72. The van der Waals surface area contributed by atoms with E-state index in [-0.39, 0.29) is 6.61 Å². The van der Waals surface area contributed by atoms with E-state index >= 15 is 0 Å². The lowest BCUT2D eigenvalue weighted by atomic mass is 10.1. The molecule has 0 aromatic rings. The molecule has 3 heteroatoms. The van der Waals surface area contributed by atoms with Crippen molar-refractivity contribution < 1.29 is 15.3 Å². The highest BCUT2D eigenvalue weighted by molar-refractivity contribution is 4.64. The van der Waals surface area contributed by atoms with Crippen LogP contribution in [0.5, 0.6) is 0 Å². The highest BCUT2D eigenvalue weighted by Crippen LogP contribution is 2.03. The molecule has 0 aromatic heterocycles. The molecule has 0 fully saturated rings. The summed E-state index contributed by atoms with van der Waals surface area (Å²) in [5.74, 6) is 0. The Labute approximate surface area is 61.3 Å². The summed E-state index contributed by atoms with van der Waals surface area (Å²) in [6, 6.07) is 0. The Morgan fingerprint density at radius 3 is 2.20 bits per heavy atom. The largest absolute Gasteiger partial charge is 0.394 e. The molecule has 0 rings (SSSR count). The van der Waals surface area contributed by atoms with Gasteiger partial charge in [-0.1, -0.05) is 19.8 Å². The van der Waals surface area contributed by atoms with Gasteiger partial charge in [0, 0.05) is 0 Å². The third-order valence-corrected chi connectivity index (χ3v) is 1.48. The molecule has 2 atom stereocenters. The van der Waals surface area contributed by atoms with E-state index in [0.717, 1.165) is 12.8 Å². The van der Waals surface area contributed by atoms with Gasteiger partial charge in [-0.15, -0.1) is 0 Å². The van der Waals surface area contributed by atoms with Gasteiger partial charge >= 0.3 is 0 Å². The van der Waals surface area contributed by atoms with Gasteiger partial charge in [0.05, 0.1) is 12.7 Å². The van der Waals surface area contributed by atoms with Crippen LogP contribution in [-0.2, 0) is 0 Å². The Kier molecular flexibility index (Phi) is 5.58. The molecule has 0 aliphatic heterocycles. The van der Waals surface area contributed by atoms with Crippen LogP contribution < -0.4 is 0 Å². The first-order valence-electron chi connectivity index (χ1n) is 3.69. The maximum Gasteiger partial charge on any atom is 0.103 e. The van der Waals surface area contributed by atoms with E-state index in [4.69, 9.17) is 15.3 Å². The van der Waals surface area contributed by atoms with Crippen LogP contribution in [-0.4, -0.2) is 34.1 Å². The molecule has 0 radical (unpaired) electrons. The van der Waals surface area contributed by atoms with Crippen molar-refractivity contribution in [2.45, 2.75) is 38.4 Å². The number of hydrogen-bond acceptors (Lipinski definition) is 3. The normalized spacial score (nSPS) is 16.8. The first kappa shape index (κ1) is 9.88. The Morgan fingerprint density at radius 2 is 1.80 bits per heavy atom. The molecular weight excluding hydrogens is 132 g/mol. The lowest BCUT2D eigenvalue weighted by molar-refractivity contribution is -0.0183. The van der Waals surface area contributed by atoms with Crippen molar-refractivity contribution in [3.63, 3.8) is 0 Å². The van der Waals surface area contributed by atoms with Crippen LogP contribution in [0, 0.1) is 0 Å². The van der Waals surface area contributed by atoms with Gasteiger partial charge in [-0.05, 0) is 6.42 Å². The van der Waals surface area contributed by atoms with Gasteiger partial charge < -0.3 is 15.3 Å². The minimum absolute atomic E-state index is 0.356. The fraction of sp³-hybridized carbons (Fsp3) is 1.00. The zero-order valence-corrected chi connectivity index (χ0v) is 6.32. The third kappa shape index (κ3) is 3.82.